The Balaban J connectivity index is 1.72. The number of fused-ring (bicyclic) bond motifs is 2. The molecule has 4 rings (SSSR count). The number of aliphatic hydroxyl groups is 1. The number of amides is 1. The van der Waals surface area contributed by atoms with E-state index in [1.54, 1.807) is 18.1 Å². The molecule has 0 radical (unpaired) electrons. The highest BCUT2D eigenvalue weighted by molar-refractivity contribution is 6.01. The quantitative estimate of drug-likeness (QED) is 0.879. The molecule has 0 unspecified atom stereocenters. The second-order valence-electron chi connectivity index (χ2n) is 7.25. The monoisotopic (exact) mass is 346 g/mol. The van der Waals surface area contributed by atoms with Crippen molar-refractivity contribution in [3.05, 3.63) is 35.3 Å². The van der Waals surface area contributed by atoms with Crippen molar-refractivity contribution in [3.63, 3.8) is 0 Å². The highest BCUT2D eigenvalue weighted by atomic mass is 19.1. The van der Waals surface area contributed by atoms with Crippen molar-refractivity contribution in [3.8, 4) is 0 Å². The molecule has 6 heteroatoms. The predicted molar refractivity (Wildman–Crippen MR) is 92.0 cm³/mol. The summed E-state index contributed by atoms with van der Waals surface area (Å²) in [6.07, 6.45) is 2.32. The van der Waals surface area contributed by atoms with E-state index in [1.807, 2.05) is 13.0 Å². The third-order valence-corrected chi connectivity index (χ3v) is 6.08. The smallest absolute Gasteiger partial charge is 0.270 e. The molecule has 2 heterocycles. The van der Waals surface area contributed by atoms with Crippen LogP contribution < -0.4 is 0 Å². The summed E-state index contributed by atoms with van der Waals surface area (Å²) in [7, 11) is 1.68. The van der Waals surface area contributed by atoms with E-state index in [9.17, 15) is 14.3 Å². The van der Waals surface area contributed by atoms with Gasteiger partial charge in [0.05, 0.1) is 23.3 Å². The summed E-state index contributed by atoms with van der Waals surface area (Å²) in [5.41, 5.74) is 1.17. The summed E-state index contributed by atoms with van der Waals surface area (Å²) in [4.78, 5) is 18.0. The van der Waals surface area contributed by atoms with Crippen molar-refractivity contribution in [1.82, 2.24) is 9.88 Å². The molecule has 134 valence electrons. The molecule has 25 heavy (non-hydrogen) atoms. The van der Waals surface area contributed by atoms with Crippen LogP contribution in [-0.4, -0.2) is 52.3 Å². The van der Waals surface area contributed by atoms with E-state index in [-0.39, 0.29) is 23.4 Å². The molecule has 3 atom stereocenters. The molecule has 1 aliphatic carbocycles. The summed E-state index contributed by atoms with van der Waals surface area (Å²) >= 11 is 0. The SMILES string of the molecule is CO[C@@]12CC[C@@H](O)C[C@@H]1N(C(=O)c1[nH]c3c(F)cccc3c1C)CC2. The lowest BCUT2D eigenvalue weighted by molar-refractivity contribution is -0.0824. The number of benzene rings is 1. The highest BCUT2D eigenvalue weighted by Crippen LogP contribution is 2.43. The van der Waals surface area contributed by atoms with Gasteiger partial charge in [0.2, 0.25) is 0 Å². The number of methoxy groups -OCH3 is 1. The standard InChI is InChI=1S/C19H23FN2O3/c1-11-13-4-3-5-14(20)17(13)21-16(11)18(24)22-9-8-19(25-2)7-6-12(23)10-15(19)22/h3-5,12,15,21,23H,6-10H2,1-2H3/t12-,15+,19-/m1/s1. The van der Waals surface area contributed by atoms with Crippen LogP contribution in [0.4, 0.5) is 4.39 Å². The fraction of sp³-hybridized carbons (Fsp3) is 0.526. The van der Waals surface area contributed by atoms with Crippen LogP contribution in [0.15, 0.2) is 18.2 Å². The maximum Gasteiger partial charge on any atom is 0.270 e. The van der Waals surface area contributed by atoms with Gasteiger partial charge in [-0.05, 0) is 44.2 Å². The number of ether oxygens (including phenoxy) is 1. The average molecular weight is 346 g/mol. The van der Waals surface area contributed by atoms with Gasteiger partial charge in [0, 0.05) is 19.0 Å². The predicted octanol–water partition coefficient (Wildman–Crippen LogP) is 2.76. The van der Waals surface area contributed by atoms with Crippen LogP contribution in [0, 0.1) is 12.7 Å². The van der Waals surface area contributed by atoms with Crippen LogP contribution in [0.3, 0.4) is 0 Å². The van der Waals surface area contributed by atoms with Crippen LogP contribution >= 0.6 is 0 Å². The minimum Gasteiger partial charge on any atom is -0.393 e. The van der Waals surface area contributed by atoms with E-state index >= 15 is 0 Å². The first-order valence-electron chi connectivity index (χ1n) is 8.78. The molecule has 2 aromatic rings. The summed E-state index contributed by atoms with van der Waals surface area (Å²) in [6, 6.07) is 4.70. The van der Waals surface area contributed by atoms with Gasteiger partial charge in [-0.15, -0.1) is 0 Å². The second kappa shape index (κ2) is 5.81. The zero-order valence-corrected chi connectivity index (χ0v) is 14.5. The summed E-state index contributed by atoms with van der Waals surface area (Å²) in [5, 5.41) is 10.8. The van der Waals surface area contributed by atoms with E-state index in [4.69, 9.17) is 4.74 Å². The molecule has 1 aliphatic heterocycles. The van der Waals surface area contributed by atoms with Gasteiger partial charge in [-0.3, -0.25) is 4.79 Å². The van der Waals surface area contributed by atoms with Gasteiger partial charge in [0.1, 0.15) is 11.5 Å². The van der Waals surface area contributed by atoms with Gasteiger partial charge in [0.15, 0.2) is 0 Å². The number of H-pyrrole nitrogens is 1. The lowest BCUT2D eigenvalue weighted by Gasteiger charge is -2.42. The van der Waals surface area contributed by atoms with E-state index in [2.05, 4.69) is 4.98 Å². The molecule has 1 aromatic heterocycles. The van der Waals surface area contributed by atoms with Crippen molar-refractivity contribution >= 4 is 16.8 Å². The fourth-order valence-corrected chi connectivity index (χ4v) is 4.59. The first-order chi connectivity index (χ1) is 12.0. The van der Waals surface area contributed by atoms with Crippen LogP contribution in [0.2, 0.25) is 0 Å². The van der Waals surface area contributed by atoms with Gasteiger partial charge in [-0.25, -0.2) is 4.39 Å². The lowest BCUT2D eigenvalue weighted by atomic mass is 9.79. The number of aromatic amines is 1. The number of nitrogens with zero attached hydrogens (tertiary/aromatic N) is 1. The van der Waals surface area contributed by atoms with Crippen LogP contribution in [0.25, 0.3) is 10.9 Å². The zero-order chi connectivity index (χ0) is 17.8. The maximum atomic E-state index is 14.0. The van der Waals surface area contributed by atoms with E-state index in [0.717, 1.165) is 23.8 Å². The third kappa shape index (κ3) is 2.39. The number of likely N-dealkylation sites (tertiary alicyclic amines) is 1. The Morgan fingerprint density at radius 1 is 1.44 bits per heavy atom. The number of aliphatic hydroxyl groups excluding tert-OH is 1. The van der Waals surface area contributed by atoms with Gasteiger partial charge < -0.3 is 19.7 Å². The van der Waals surface area contributed by atoms with Crippen LogP contribution in [0.5, 0.6) is 0 Å². The molecular weight excluding hydrogens is 323 g/mol. The number of nitrogens with one attached hydrogen (secondary N) is 1. The van der Waals surface area contributed by atoms with Crippen LogP contribution in [-0.2, 0) is 4.74 Å². The number of aromatic nitrogens is 1. The first-order valence-corrected chi connectivity index (χ1v) is 8.78. The Kier molecular flexibility index (Phi) is 3.85. The van der Waals surface area contributed by atoms with E-state index in [1.165, 1.54) is 6.07 Å². The third-order valence-electron chi connectivity index (χ3n) is 6.08. The number of aryl methyl sites for hydroxylation is 1. The van der Waals surface area contributed by atoms with Gasteiger partial charge in [-0.1, -0.05) is 12.1 Å². The molecule has 0 spiro atoms. The highest BCUT2D eigenvalue weighted by Gasteiger charge is 2.52. The Morgan fingerprint density at radius 3 is 2.96 bits per heavy atom. The molecule has 1 amide bonds. The summed E-state index contributed by atoms with van der Waals surface area (Å²) in [5.74, 6) is -0.508. The number of carbonyl (C=O) groups excluding carboxylic acids is 1. The number of para-hydroxylation sites is 1. The minimum absolute atomic E-state index is 0.147. The number of halogens is 1. The van der Waals surface area contributed by atoms with Crippen molar-refractivity contribution in [2.75, 3.05) is 13.7 Å². The number of carbonyl (C=O) groups is 1. The molecule has 2 aliphatic rings. The number of hydrogen-bond acceptors (Lipinski definition) is 3. The summed E-state index contributed by atoms with van der Waals surface area (Å²) < 4.78 is 19.8. The lowest BCUT2D eigenvalue weighted by Crippen LogP contribution is -2.52. The van der Waals surface area contributed by atoms with Crippen LogP contribution in [0.1, 0.15) is 41.7 Å². The normalized spacial score (nSPS) is 29.2. The van der Waals surface area contributed by atoms with Crippen molar-refractivity contribution in [1.29, 1.82) is 0 Å². The Bertz CT molecular complexity index is 833. The molecule has 0 bridgehead atoms. The molecule has 5 nitrogen and oxygen atoms in total. The molecule has 1 saturated heterocycles. The summed E-state index contributed by atoms with van der Waals surface area (Å²) in [6.45, 7) is 2.42. The van der Waals surface area contributed by atoms with Gasteiger partial charge >= 0.3 is 0 Å². The Labute approximate surface area is 145 Å². The zero-order valence-electron chi connectivity index (χ0n) is 14.5. The number of hydrogen-bond donors (Lipinski definition) is 2. The topological polar surface area (TPSA) is 65.6 Å². The molecule has 1 aromatic carbocycles. The van der Waals surface area contributed by atoms with Crippen molar-refractivity contribution < 1.29 is 19.0 Å². The van der Waals surface area contributed by atoms with Gasteiger partial charge in [-0.2, -0.15) is 0 Å². The Hall–Kier alpha value is -1.92. The van der Waals surface area contributed by atoms with Crippen molar-refractivity contribution in [2.45, 2.75) is 50.4 Å². The van der Waals surface area contributed by atoms with E-state index < -0.39 is 6.10 Å². The van der Waals surface area contributed by atoms with Crippen molar-refractivity contribution in [2.24, 2.45) is 0 Å². The molecule has 2 fully saturated rings. The Morgan fingerprint density at radius 2 is 2.24 bits per heavy atom. The average Bonchev–Trinajstić information content (AvgIpc) is 3.14. The number of rotatable bonds is 2. The molecule has 1 saturated carbocycles. The maximum absolute atomic E-state index is 14.0. The molecule has 2 N–H and O–H groups in total. The molecular formula is C19H23FN2O3. The second-order valence-corrected chi connectivity index (χ2v) is 7.25. The van der Waals surface area contributed by atoms with Gasteiger partial charge in [0.25, 0.3) is 5.91 Å². The fourth-order valence-electron chi connectivity index (χ4n) is 4.59. The first kappa shape index (κ1) is 16.5. The minimum atomic E-state index is -0.414. The largest absolute Gasteiger partial charge is 0.393 e. The van der Waals surface area contributed by atoms with E-state index in [0.29, 0.717) is 30.6 Å².